The Morgan fingerprint density at radius 3 is 2.95 bits per heavy atom. The molecule has 5 nitrogen and oxygen atoms in total. The summed E-state index contributed by atoms with van der Waals surface area (Å²) in [6.07, 6.45) is 6.29. The second kappa shape index (κ2) is 5.53. The summed E-state index contributed by atoms with van der Waals surface area (Å²) < 4.78 is 3.10. The van der Waals surface area contributed by atoms with E-state index in [2.05, 4.69) is 48.0 Å². The fraction of sp³-hybridized carbons (Fsp3) is 0.188. The molecule has 2 aromatic heterocycles. The lowest BCUT2D eigenvalue weighted by atomic mass is 10.1. The maximum Gasteiger partial charge on any atom is 0.132 e. The lowest BCUT2D eigenvalue weighted by molar-refractivity contribution is 0.685. The van der Waals surface area contributed by atoms with Gasteiger partial charge in [0.2, 0.25) is 0 Å². The number of anilines is 1. The highest BCUT2D eigenvalue weighted by Gasteiger charge is 2.22. The van der Waals surface area contributed by atoms with Crippen molar-refractivity contribution in [1.29, 1.82) is 0 Å². The third-order valence-corrected chi connectivity index (χ3v) is 4.37. The van der Waals surface area contributed by atoms with Crippen LogP contribution in [0.5, 0.6) is 0 Å². The van der Waals surface area contributed by atoms with Crippen molar-refractivity contribution in [3.05, 3.63) is 64.8 Å². The standard InChI is InChI=1S/C16H14BrN5/c17-13-2-1-3-14(8-13)22-15-5-7-21(10-12(15)9-20-22)16-4-6-18-11-19-16/h1-4,6,8-9,11H,5,7,10H2. The first-order valence-corrected chi connectivity index (χ1v) is 7.93. The third kappa shape index (κ3) is 2.39. The number of rotatable bonds is 2. The van der Waals surface area contributed by atoms with Crippen molar-refractivity contribution in [2.24, 2.45) is 0 Å². The van der Waals surface area contributed by atoms with Gasteiger partial charge in [0.05, 0.1) is 17.6 Å². The Balaban J connectivity index is 1.66. The van der Waals surface area contributed by atoms with Gasteiger partial charge in [0.1, 0.15) is 12.1 Å². The topological polar surface area (TPSA) is 46.8 Å². The molecule has 0 bridgehead atoms. The zero-order valence-electron chi connectivity index (χ0n) is 11.9. The van der Waals surface area contributed by atoms with Crippen LogP contribution in [0.15, 0.2) is 53.5 Å². The summed E-state index contributed by atoms with van der Waals surface area (Å²) in [7, 11) is 0. The number of benzene rings is 1. The maximum absolute atomic E-state index is 4.57. The average Bonchev–Trinajstić information content (AvgIpc) is 2.99. The average molecular weight is 356 g/mol. The van der Waals surface area contributed by atoms with E-state index in [0.717, 1.165) is 35.5 Å². The van der Waals surface area contributed by atoms with Crippen LogP contribution in [0.2, 0.25) is 0 Å². The van der Waals surface area contributed by atoms with Crippen molar-refractivity contribution in [3.63, 3.8) is 0 Å². The summed E-state index contributed by atoms with van der Waals surface area (Å²) in [5.41, 5.74) is 3.62. The minimum atomic E-state index is 0.834. The molecule has 1 aromatic carbocycles. The molecule has 0 fully saturated rings. The van der Waals surface area contributed by atoms with E-state index in [9.17, 15) is 0 Å². The van der Waals surface area contributed by atoms with Crippen LogP contribution < -0.4 is 4.90 Å². The van der Waals surface area contributed by atoms with Crippen molar-refractivity contribution in [1.82, 2.24) is 19.7 Å². The summed E-state index contributed by atoms with van der Waals surface area (Å²) in [5, 5.41) is 4.57. The van der Waals surface area contributed by atoms with Crippen molar-refractivity contribution < 1.29 is 0 Å². The Labute approximate surface area is 136 Å². The molecule has 0 saturated heterocycles. The van der Waals surface area contributed by atoms with E-state index in [-0.39, 0.29) is 0 Å². The van der Waals surface area contributed by atoms with Gasteiger partial charge in [-0.15, -0.1) is 0 Å². The number of hydrogen-bond donors (Lipinski definition) is 0. The summed E-state index contributed by atoms with van der Waals surface area (Å²) in [6, 6.07) is 10.2. The molecule has 0 radical (unpaired) electrons. The van der Waals surface area contributed by atoms with Gasteiger partial charge in [-0.2, -0.15) is 5.10 Å². The highest BCUT2D eigenvalue weighted by Crippen LogP contribution is 2.25. The van der Waals surface area contributed by atoms with Gasteiger partial charge in [-0.3, -0.25) is 0 Å². The summed E-state index contributed by atoms with van der Waals surface area (Å²) in [4.78, 5) is 10.6. The molecule has 110 valence electrons. The van der Waals surface area contributed by atoms with E-state index in [1.165, 1.54) is 11.3 Å². The van der Waals surface area contributed by atoms with Crippen LogP contribution in [0.4, 0.5) is 5.82 Å². The lowest BCUT2D eigenvalue weighted by Crippen LogP contribution is -2.31. The predicted octanol–water partition coefficient (Wildman–Crippen LogP) is 2.99. The van der Waals surface area contributed by atoms with Gasteiger partial charge >= 0.3 is 0 Å². The molecule has 3 heterocycles. The Kier molecular flexibility index (Phi) is 3.38. The second-order valence-electron chi connectivity index (χ2n) is 5.25. The Morgan fingerprint density at radius 1 is 1.18 bits per heavy atom. The first kappa shape index (κ1) is 13.5. The van der Waals surface area contributed by atoms with Crippen LogP contribution in [-0.4, -0.2) is 26.3 Å². The third-order valence-electron chi connectivity index (χ3n) is 3.88. The maximum atomic E-state index is 4.57. The molecule has 0 atom stereocenters. The Bertz CT molecular complexity index is 799. The van der Waals surface area contributed by atoms with Gasteiger partial charge in [-0.05, 0) is 24.3 Å². The molecular formula is C16H14BrN5. The molecule has 22 heavy (non-hydrogen) atoms. The van der Waals surface area contributed by atoms with Gasteiger partial charge in [0, 0.05) is 35.7 Å². The number of halogens is 1. The Hall–Kier alpha value is -2.21. The van der Waals surface area contributed by atoms with Gasteiger partial charge < -0.3 is 4.90 Å². The van der Waals surface area contributed by atoms with Crippen molar-refractivity contribution in [3.8, 4) is 5.69 Å². The van der Waals surface area contributed by atoms with Crippen LogP contribution in [0.1, 0.15) is 11.3 Å². The SMILES string of the molecule is Brc1cccc(-n2ncc3c2CCN(c2ccncn2)C3)c1. The van der Waals surface area contributed by atoms with Crippen molar-refractivity contribution >= 4 is 21.7 Å². The number of aromatic nitrogens is 4. The molecular weight excluding hydrogens is 342 g/mol. The monoisotopic (exact) mass is 355 g/mol. The van der Waals surface area contributed by atoms with Crippen LogP contribution in [0.3, 0.4) is 0 Å². The molecule has 0 N–H and O–H groups in total. The zero-order chi connectivity index (χ0) is 14.9. The van der Waals surface area contributed by atoms with Crippen LogP contribution in [0.25, 0.3) is 5.69 Å². The lowest BCUT2D eigenvalue weighted by Gasteiger charge is -2.28. The molecule has 0 amide bonds. The van der Waals surface area contributed by atoms with E-state index in [0.29, 0.717) is 0 Å². The highest BCUT2D eigenvalue weighted by molar-refractivity contribution is 9.10. The molecule has 0 saturated carbocycles. The predicted molar refractivity (Wildman–Crippen MR) is 88.1 cm³/mol. The van der Waals surface area contributed by atoms with Crippen molar-refractivity contribution in [2.75, 3.05) is 11.4 Å². The smallest absolute Gasteiger partial charge is 0.132 e. The highest BCUT2D eigenvalue weighted by atomic mass is 79.9. The van der Waals surface area contributed by atoms with Crippen molar-refractivity contribution in [2.45, 2.75) is 13.0 Å². The van der Waals surface area contributed by atoms with Gasteiger partial charge in [0.15, 0.2) is 0 Å². The zero-order valence-corrected chi connectivity index (χ0v) is 13.4. The molecule has 6 heteroatoms. The fourth-order valence-corrected chi connectivity index (χ4v) is 3.22. The first-order valence-electron chi connectivity index (χ1n) is 7.14. The van der Waals surface area contributed by atoms with E-state index >= 15 is 0 Å². The molecule has 3 aromatic rings. The summed E-state index contributed by atoms with van der Waals surface area (Å²) in [6.45, 7) is 1.77. The molecule has 4 rings (SSSR count). The van der Waals surface area contributed by atoms with Crippen LogP contribution in [0, 0.1) is 0 Å². The quantitative estimate of drug-likeness (QED) is 0.708. The fourth-order valence-electron chi connectivity index (χ4n) is 2.83. The largest absolute Gasteiger partial charge is 0.352 e. The number of nitrogens with zero attached hydrogens (tertiary/aromatic N) is 5. The van der Waals surface area contributed by atoms with Gasteiger partial charge in [0.25, 0.3) is 0 Å². The number of fused-ring (bicyclic) bond motifs is 1. The Morgan fingerprint density at radius 2 is 2.14 bits per heavy atom. The van der Waals surface area contributed by atoms with E-state index in [4.69, 9.17) is 0 Å². The molecule has 0 spiro atoms. The van der Waals surface area contributed by atoms with Gasteiger partial charge in [-0.25, -0.2) is 14.6 Å². The minimum absolute atomic E-state index is 0.834. The molecule has 1 aliphatic heterocycles. The first-order chi connectivity index (χ1) is 10.8. The van der Waals surface area contributed by atoms with E-state index in [1.54, 1.807) is 12.5 Å². The summed E-state index contributed by atoms with van der Waals surface area (Å²) in [5.74, 6) is 0.968. The van der Waals surface area contributed by atoms with E-state index in [1.807, 2.05) is 29.1 Å². The molecule has 0 aliphatic carbocycles. The van der Waals surface area contributed by atoms with E-state index < -0.39 is 0 Å². The molecule has 0 unspecified atom stereocenters. The van der Waals surface area contributed by atoms with Gasteiger partial charge in [-0.1, -0.05) is 22.0 Å². The summed E-state index contributed by atoms with van der Waals surface area (Å²) >= 11 is 3.52. The van der Waals surface area contributed by atoms with Crippen LogP contribution in [-0.2, 0) is 13.0 Å². The number of hydrogen-bond acceptors (Lipinski definition) is 4. The normalized spacial score (nSPS) is 14.0. The second-order valence-corrected chi connectivity index (χ2v) is 6.16. The molecule has 1 aliphatic rings. The minimum Gasteiger partial charge on any atom is -0.352 e. The van der Waals surface area contributed by atoms with Crippen LogP contribution >= 0.6 is 15.9 Å².